The Balaban J connectivity index is 1.80. The number of pyridine rings is 1. The number of sulfonamides is 1. The van der Waals surface area contributed by atoms with Crippen LogP contribution in [0.4, 0.5) is 19.0 Å². The van der Waals surface area contributed by atoms with E-state index in [2.05, 4.69) is 30.5 Å². The van der Waals surface area contributed by atoms with Crippen LogP contribution in [0.2, 0.25) is 0 Å². The summed E-state index contributed by atoms with van der Waals surface area (Å²) in [5, 5.41) is 0.462. The molecule has 1 aliphatic rings. The molecule has 1 fully saturated rings. The third-order valence-corrected chi connectivity index (χ3v) is 7.43. The molecule has 2 heterocycles. The number of alkyl halides is 3. The number of halogens is 3. The van der Waals surface area contributed by atoms with E-state index < -0.39 is 21.9 Å². The minimum atomic E-state index is -4.65. The van der Waals surface area contributed by atoms with Crippen LogP contribution >= 0.6 is 0 Å². The fraction of sp³-hybridized carbons (Fsp3) is 0.435. The summed E-state index contributed by atoms with van der Waals surface area (Å²) >= 11 is 0. The number of aromatic nitrogens is 2. The molecule has 0 aliphatic heterocycles. The molecule has 2 aromatic heterocycles. The number of anilines is 1. The minimum absolute atomic E-state index is 0.0573. The number of nitrogens with zero attached hydrogens (tertiary/aromatic N) is 2. The van der Waals surface area contributed by atoms with E-state index in [1.807, 2.05) is 10.8 Å². The van der Waals surface area contributed by atoms with Crippen molar-refractivity contribution in [3.63, 3.8) is 0 Å². The summed E-state index contributed by atoms with van der Waals surface area (Å²) in [6.45, 7) is 6.91. The highest BCUT2D eigenvalue weighted by molar-refractivity contribution is 7.90. The van der Waals surface area contributed by atoms with Gasteiger partial charge in [0.2, 0.25) is 10.0 Å². The van der Waals surface area contributed by atoms with E-state index in [1.165, 1.54) is 12.1 Å². The molecule has 0 bridgehead atoms. The van der Waals surface area contributed by atoms with Crippen molar-refractivity contribution in [2.45, 2.75) is 58.1 Å². The first-order valence-corrected chi connectivity index (χ1v) is 12.2. The SMILES string of the molecule is CC(C)(C)Cn1cc(CNS(=O)(=O)C2CC2)c2ccc(-c3ccc(N)nc3C(F)(F)F)cc21. The fourth-order valence-electron chi connectivity index (χ4n) is 3.92. The zero-order chi connectivity index (χ0) is 24.2. The number of fused-ring (bicyclic) bond motifs is 1. The molecule has 0 amide bonds. The van der Waals surface area contributed by atoms with Crippen LogP contribution < -0.4 is 10.5 Å². The largest absolute Gasteiger partial charge is 0.434 e. The smallest absolute Gasteiger partial charge is 0.384 e. The highest BCUT2D eigenvalue weighted by Crippen LogP contribution is 2.38. The lowest BCUT2D eigenvalue weighted by atomic mass is 9.96. The third kappa shape index (κ3) is 5.16. The molecule has 0 spiro atoms. The number of rotatable bonds is 6. The normalized spacial score (nSPS) is 15.3. The Morgan fingerprint density at radius 3 is 2.45 bits per heavy atom. The number of nitrogen functional groups attached to an aromatic ring is 1. The van der Waals surface area contributed by atoms with Gasteiger partial charge in [0.25, 0.3) is 0 Å². The van der Waals surface area contributed by atoms with Gasteiger partial charge in [-0.25, -0.2) is 18.1 Å². The summed E-state index contributed by atoms with van der Waals surface area (Å²) in [5.74, 6) is -0.200. The second-order valence-corrected chi connectivity index (χ2v) is 11.8. The lowest BCUT2D eigenvalue weighted by molar-refractivity contribution is -0.140. The Morgan fingerprint density at radius 2 is 1.85 bits per heavy atom. The van der Waals surface area contributed by atoms with Crippen molar-refractivity contribution in [3.05, 3.63) is 47.8 Å². The van der Waals surface area contributed by atoms with Gasteiger partial charge in [0.15, 0.2) is 5.69 Å². The summed E-state index contributed by atoms with van der Waals surface area (Å²) in [4.78, 5) is 3.54. The lowest BCUT2D eigenvalue weighted by Gasteiger charge is -2.20. The highest BCUT2D eigenvalue weighted by Gasteiger charge is 2.37. The third-order valence-electron chi connectivity index (χ3n) is 5.53. The Bertz CT molecular complexity index is 1300. The average molecular weight is 481 g/mol. The zero-order valence-corrected chi connectivity index (χ0v) is 19.5. The van der Waals surface area contributed by atoms with Crippen molar-refractivity contribution >= 4 is 26.7 Å². The van der Waals surface area contributed by atoms with Crippen molar-refractivity contribution < 1.29 is 21.6 Å². The highest BCUT2D eigenvalue weighted by atomic mass is 32.2. The van der Waals surface area contributed by atoms with Crippen molar-refractivity contribution in [2.75, 3.05) is 5.73 Å². The van der Waals surface area contributed by atoms with Gasteiger partial charge < -0.3 is 10.3 Å². The van der Waals surface area contributed by atoms with E-state index in [0.717, 1.165) is 16.5 Å². The molecule has 3 N–H and O–H groups in total. The van der Waals surface area contributed by atoms with E-state index in [1.54, 1.807) is 18.2 Å². The number of hydrogen-bond acceptors (Lipinski definition) is 4. The molecule has 0 unspecified atom stereocenters. The molecular weight excluding hydrogens is 453 g/mol. The molecule has 4 rings (SSSR count). The first-order valence-electron chi connectivity index (χ1n) is 10.7. The van der Waals surface area contributed by atoms with Gasteiger partial charge in [-0.3, -0.25) is 0 Å². The summed E-state index contributed by atoms with van der Waals surface area (Å²) in [5.41, 5.74) is 6.18. The van der Waals surface area contributed by atoms with Gasteiger partial charge in [-0.1, -0.05) is 32.9 Å². The van der Waals surface area contributed by atoms with Gasteiger partial charge in [0, 0.05) is 35.8 Å². The van der Waals surface area contributed by atoms with Crippen molar-refractivity contribution in [2.24, 2.45) is 5.41 Å². The van der Waals surface area contributed by atoms with Crippen LogP contribution in [0, 0.1) is 5.41 Å². The van der Waals surface area contributed by atoms with Crippen LogP contribution in [0.3, 0.4) is 0 Å². The van der Waals surface area contributed by atoms with Crippen LogP contribution in [-0.4, -0.2) is 23.2 Å². The maximum Gasteiger partial charge on any atom is 0.434 e. The van der Waals surface area contributed by atoms with Crippen LogP contribution in [0.5, 0.6) is 0 Å². The summed E-state index contributed by atoms with van der Waals surface area (Å²) < 4.78 is 70.1. The second kappa shape index (κ2) is 8.02. The van der Waals surface area contributed by atoms with E-state index in [-0.39, 0.29) is 28.6 Å². The summed E-state index contributed by atoms with van der Waals surface area (Å²) in [7, 11) is -3.36. The number of hydrogen-bond donors (Lipinski definition) is 2. The molecule has 0 radical (unpaired) electrons. The van der Waals surface area contributed by atoms with Gasteiger partial charge in [0.05, 0.1) is 5.25 Å². The van der Waals surface area contributed by atoms with Gasteiger partial charge >= 0.3 is 6.18 Å². The predicted octanol–water partition coefficient (Wildman–Crippen LogP) is 4.93. The lowest BCUT2D eigenvalue weighted by Crippen LogP contribution is -2.26. The molecule has 6 nitrogen and oxygen atoms in total. The maximum atomic E-state index is 13.6. The first-order chi connectivity index (χ1) is 15.2. The Morgan fingerprint density at radius 1 is 1.15 bits per heavy atom. The molecular formula is C23H27F3N4O2S. The van der Waals surface area contributed by atoms with Crippen molar-refractivity contribution in [3.8, 4) is 11.1 Å². The quantitative estimate of drug-likeness (QED) is 0.523. The molecule has 1 aliphatic carbocycles. The Hall–Kier alpha value is -2.59. The number of nitrogens with two attached hydrogens (primary N) is 1. The van der Waals surface area contributed by atoms with Crippen LogP contribution in [-0.2, 0) is 29.3 Å². The molecule has 178 valence electrons. The topological polar surface area (TPSA) is 90.0 Å². The first kappa shape index (κ1) is 23.6. The van der Waals surface area contributed by atoms with Gasteiger partial charge in [-0.15, -0.1) is 0 Å². The molecule has 0 saturated heterocycles. The van der Waals surface area contributed by atoms with Crippen molar-refractivity contribution in [1.29, 1.82) is 0 Å². The van der Waals surface area contributed by atoms with Crippen molar-refractivity contribution in [1.82, 2.24) is 14.3 Å². The molecule has 3 aromatic rings. The Labute approximate surface area is 191 Å². The fourth-order valence-corrected chi connectivity index (χ4v) is 5.27. The monoisotopic (exact) mass is 480 g/mol. The van der Waals surface area contributed by atoms with E-state index in [0.29, 0.717) is 24.9 Å². The molecule has 1 saturated carbocycles. The van der Waals surface area contributed by atoms with Gasteiger partial charge in [0.1, 0.15) is 5.82 Å². The maximum absolute atomic E-state index is 13.6. The average Bonchev–Trinajstić information content (AvgIpc) is 3.50. The molecule has 1 aromatic carbocycles. The molecule has 0 atom stereocenters. The van der Waals surface area contributed by atoms with E-state index in [4.69, 9.17) is 5.73 Å². The summed E-state index contributed by atoms with van der Waals surface area (Å²) in [6.07, 6.45) is -1.44. The summed E-state index contributed by atoms with van der Waals surface area (Å²) in [6, 6.07) is 7.71. The zero-order valence-electron chi connectivity index (χ0n) is 18.7. The Kier molecular flexibility index (Phi) is 5.73. The number of benzene rings is 1. The minimum Gasteiger partial charge on any atom is -0.384 e. The van der Waals surface area contributed by atoms with Crippen LogP contribution in [0.25, 0.3) is 22.0 Å². The second-order valence-electron chi connectivity index (χ2n) is 9.77. The number of nitrogens with one attached hydrogen (secondary N) is 1. The van der Waals surface area contributed by atoms with Crippen LogP contribution in [0.15, 0.2) is 36.5 Å². The standard InChI is InChI=1S/C23H27F3N4O2S/c1-22(2,3)13-30-12-15(11-28-33(31,32)16-5-6-16)17-7-4-14(10-19(17)30)18-8-9-20(27)29-21(18)23(24,25)26/h4,7-10,12,16,28H,5-6,11,13H2,1-3H3,(H2,27,29). The van der Waals surface area contributed by atoms with Gasteiger partial charge in [-0.2, -0.15) is 13.2 Å². The van der Waals surface area contributed by atoms with Gasteiger partial charge in [-0.05, 0) is 47.6 Å². The predicted molar refractivity (Wildman–Crippen MR) is 123 cm³/mol. The van der Waals surface area contributed by atoms with E-state index >= 15 is 0 Å². The van der Waals surface area contributed by atoms with Crippen LogP contribution in [0.1, 0.15) is 44.9 Å². The van der Waals surface area contributed by atoms with E-state index in [9.17, 15) is 21.6 Å². The molecule has 10 heteroatoms. The molecule has 33 heavy (non-hydrogen) atoms.